The topological polar surface area (TPSA) is 101 Å². The number of hydrogen-bond donors (Lipinski definition) is 1. The number of aromatic nitrogens is 3. The van der Waals surface area contributed by atoms with Gasteiger partial charge in [-0.15, -0.1) is 0 Å². The summed E-state index contributed by atoms with van der Waals surface area (Å²) in [4.78, 5) is 33.6. The number of piperidine rings is 1. The van der Waals surface area contributed by atoms with Gasteiger partial charge in [-0.25, -0.2) is 0 Å². The summed E-state index contributed by atoms with van der Waals surface area (Å²) in [5.74, 6) is 1.48. The number of likely N-dealkylation sites (tertiary alicyclic amines) is 1. The lowest BCUT2D eigenvalue weighted by Crippen LogP contribution is -2.41. The first kappa shape index (κ1) is 18.0. The Bertz CT molecular complexity index is 738. The van der Waals surface area contributed by atoms with Crippen LogP contribution in [0.25, 0.3) is 11.4 Å². The van der Waals surface area contributed by atoms with E-state index in [1.54, 1.807) is 12.4 Å². The molecule has 0 unspecified atom stereocenters. The molecule has 26 heavy (non-hydrogen) atoms. The average molecular weight is 357 g/mol. The van der Waals surface area contributed by atoms with E-state index in [1.165, 1.54) is 6.92 Å². The van der Waals surface area contributed by atoms with E-state index in [9.17, 15) is 9.59 Å². The van der Waals surface area contributed by atoms with Gasteiger partial charge in [0.15, 0.2) is 0 Å². The van der Waals surface area contributed by atoms with Crippen molar-refractivity contribution >= 4 is 11.8 Å². The third kappa shape index (κ3) is 4.87. The van der Waals surface area contributed by atoms with E-state index < -0.39 is 0 Å². The van der Waals surface area contributed by atoms with E-state index in [4.69, 9.17) is 4.52 Å². The highest BCUT2D eigenvalue weighted by Gasteiger charge is 2.23. The second kappa shape index (κ2) is 8.55. The summed E-state index contributed by atoms with van der Waals surface area (Å²) >= 11 is 0. The Hall–Kier alpha value is -2.77. The van der Waals surface area contributed by atoms with Gasteiger partial charge in [0.2, 0.25) is 23.5 Å². The van der Waals surface area contributed by atoms with Crippen molar-refractivity contribution in [3.8, 4) is 11.4 Å². The van der Waals surface area contributed by atoms with Crippen molar-refractivity contribution < 1.29 is 14.1 Å². The van der Waals surface area contributed by atoms with E-state index >= 15 is 0 Å². The van der Waals surface area contributed by atoms with Crippen LogP contribution >= 0.6 is 0 Å². The first-order chi connectivity index (χ1) is 12.6. The molecule has 0 saturated carbocycles. The smallest absolute Gasteiger partial charge is 0.227 e. The quantitative estimate of drug-likeness (QED) is 0.839. The van der Waals surface area contributed by atoms with E-state index in [2.05, 4.69) is 20.4 Å². The summed E-state index contributed by atoms with van der Waals surface area (Å²) in [6, 6.07) is 3.67. The lowest BCUT2D eigenvalue weighted by atomic mass is 9.96. The van der Waals surface area contributed by atoms with Gasteiger partial charge in [-0.1, -0.05) is 5.16 Å². The van der Waals surface area contributed by atoms with Crippen molar-refractivity contribution in [1.82, 2.24) is 25.3 Å². The highest BCUT2D eigenvalue weighted by Crippen LogP contribution is 2.18. The number of amides is 2. The van der Waals surface area contributed by atoms with Crippen LogP contribution in [0.1, 0.15) is 32.1 Å². The molecule has 2 aromatic rings. The number of nitrogens with zero attached hydrogens (tertiary/aromatic N) is 4. The fraction of sp³-hybridized carbons (Fsp3) is 0.500. The van der Waals surface area contributed by atoms with Crippen LogP contribution < -0.4 is 5.32 Å². The minimum absolute atomic E-state index is 0.00582. The number of pyridine rings is 1. The molecule has 2 amide bonds. The zero-order chi connectivity index (χ0) is 18.4. The van der Waals surface area contributed by atoms with Crippen molar-refractivity contribution in [3.05, 3.63) is 30.4 Å². The molecule has 138 valence electrons. The first-order valence-corrected chi connectivity index (χ1v) is 8.87. The normalized spacial score (nSPS) is 15.0. The molecular formula is C18H23N5O3. The van der Waals surface area contributed by atoms with Crippen molar-refractivity contribution in [3.63, 3.8) is 0 Å². The minimum atomic E-state index is -0.00582. The lowest BCUT2D eigenvalue weighted by molar-refractivity contribution is -0.132. The molecule has 0 atom stereocenters. The summed E-state index contributed by atoms with van der Waals surface area (Å²) in [5.41, 5.74) is 0.787. The summed E-state index contributed by atoms with van der Waals surface area (Å²) in [5, 5.41) is 6.78. The third-order valence-electron chi connectivity index (χ3n) is 4.55. The van der Waals surface area contributed by atoms with Crippen LogP contribution in [-0.4, -0.2) is 51.5 Å². The van der Waals surface area contributed by atoms with Gasteiger partial charge in [0.1, 0.15) is 0 Å². The van der Waals surface area contributed by atoms with Crippen LogP contribution in [-0.2, 0) is 16.0 Å². The van der Waals surface area contributed by atoms with Crippen molar-refractivity contribution in [2.45, 2.75) is 32.6 Å². The summed E-state index contributed by atoms with van der Waals surface area (Å²) in [7, 11) is 0. The molecule has 0 aromatic carbocycles. The molecule has 0 bridgehead atoms. The molecule has 8 nitrogen and oxygen atoms in total. The number of carbonyl (C=O) groups excluding carboxylic acids is 2. The van der Waals surface area contributed by atoms with Gasteiger partial charge in [-0.05, 0) is 30.9 Å². The van der Waals surface area contributed by atoms with Crippen LogP contribution in [0, 0.1) is 5.92 Å². The van der Waals surface area contributed by atoms with Gasteiger partial charge >= 0.3 is 0 Å². The molecule has 1 fully saturated rings. The summed E-state index contributed by atoms with van der Waals surface area (Å²) in [6.45, 7) is 3.67. The Kier molecular flexibility index (Phi) is 5.93. The molecule has 0 spiro atoms. The monoisotopic (exact) mass is 357 g/mol. The van der Waals surface area contributed by atoms with E-state index in [-0.39, 0.29) is 11.8 Å². The Morgan fingerprint density at radius 1 is 1.35 bits per heavy atom. The predicted octanol–water partition coefficient (Wildman–Crippen LogP) is 1.44. The Labute approximate surface area is 152 Å². The maximum Gasteiger partial charge on any atom is 0.227 e. The molecule has 3 rings (SSSR count). The van der Waals surface area contributed by atoms with E-state index in [1.807, 2.05) is 17.0 Å². The molecule has 1 N–H and O–H groups in total. The maximum absolute atomic E-state index is 12.4. The zero-order valence-corrected chi connectivity index (χ0v) is 14.9. The summed E-state index contributed by atoms with van der Waals surface area (Å²) < 4.78 is 5.23. The Balaban J connectivity index is 1.44. The van der Waals surface area contributed by atoms with Crippen LogP contribution in [0.2, 0.25) is 0 Å². The number of hydrogen-bond acceptors (Lipinski definition) is 6. The predicted molar refractivity (Wildman–Crippen MR) is 93.8 cm³/mol. The molecule has 0 aliphatic carbocycles. The Morgan fingerprint density at radius 3 is 2.85 bits per heavy atom. The number of nitrogens with one attached hydrogen (secondary N) is 1. The van der Waals surface area contributed by atoms with Crippen LogP contribution in [0.4, 0.5) is 0 Å². The number of aryl methyl sites for hydroxylation is 1. The number of rotatable bonds is 6. The number of carbonyl (C=O) groups is 2. The van der Waals surface area contributed by atoms with Gasteiger partial charge in [0.05, 0.1) is 0 Å². The fourth-order valence-corrected chi connectivity index (χ4v) is 3.02. The van der Waals surface area contributed by atoms with Crippen LogP contribution in [0.3, 0.4) is 0 Å². The van der Waals surface area contributed by atoms with Crippen molar-refractivity contribution in [2.75, 3.05) is 19.6 Å². The Morgan fingerprint density at radius 2 is 2.15 bits per heavy atom. The summed E-state index contributed by atoms with van der Waals surface area (Å²) in [6.07, 6.45) is 5.96. The van der Waals surface area contributed by atoms with E-state index in [0.717, 1.165) is 31.5 Å². The van der Waals surface area contributed by atoms with Gasteiger partial charge in [-0.3, -0.25) is 14.6 Å². The molecule has 2 aromatic heterocycles. The maximum atomic E-state index is 12.4. The molecule has 3 heterocycles. The third-order valence-corrected chi connectivity index (χ3v) is 4.55. The minimum Gasteiger partial charge on any atom is -0.356 e. The lowest BCUT2D eigenvalue weighted by Gasteiger charge is -2.32. The largest absolute Gasteiger partial charge is 0.356 e. The van der Waals surface area contributed by atoms with Gasteiger partial charge in [-0.2, -0.15) is 4.98 Å². The van der Waals surface area contributed by atoms with Crippen molar-refractivity contribution in [2.24, 2.45) is 5.92 Å². The SMILES string of the molecule is CC(=O)NCC1CCN(C(=O)CCc2nc(-c3cccnc3)no2)CC1. The zero-order valence-electron chi connectivity index (χ0n) is 14.9. The standard InChI is InChI=1S/C18H23N5O3/c1-13(24)20-11-14-6-9-23(10-7-14)17(25)5-4-16-21-18(22-26-16)15-3-2-8-19-12-15/h2-3,8,12,14H,4-7,9-11H2,1H3,(H,20,24). The molecule has 8 heteroatoms. The highest BCUT2D eigenvalue weighted by atomic mass is 16.5. The second-order valence-electron chi connectivity index (χ2n) is 6.51. The molecule has 1 aliphatic heterocycles. The fourth-order valence-electron chi connectivity index (χ4n) is 3.02. The van der Waals surface area contributed by atoms with Gasteiger partial charge in [0.25, 0.3) is 0 Å². The van der Waals surface area contributed by atoms with Crippen LogP contribution in [0.5, 0.6) is 0 Å². The average Bonchev–Trinajstić information content (AvgIpc) is 3.14. The van der Waals surface area contributed by atoms with Crippen molar-refractivity contribution in [1.29, 1.82) is 0 Å². The molecule has 0 radical (unpaired) electrons. The first-order valence-electron chi connectivity index (χ1n) is 8.87. The van der Waals surface area contributed by atoms with Gasteiger partial charge < -0.3 is 14.7 Å². The van der Waals surface area contributed by atoms with Crippen LogP contribution in [0.15, 0.2) is 29.0 Å². The molecular weight excluding hydrogens is 334 g/mol. The second-order valence-corrected chi connectivity index (χ2v) is 6.51. The highest BCUT2D eigenvalue weighted by molar-refractivity contribution is 5.76. The van der Waals surface area contributed by atoms with Gasteiger partial charge in [0, 0.05) is 57.4 Å². The molecule has 1 aliphatic rings. The molecule has 1 saturated heterocycles. The van der Waals surface area contributed by atoms with E-state index in [0.29, 0.717) is 37.0 Å².